The van der Waals surface area contributed by atoms with Gasteiger partial charge in [-0.1, -0.05) is 28.1 Å². The summed E-state index contributed by atoms with van der Waals surface area (Å²) in [6.45, 7) is 0.853. The van der Waals surface area contributed by atoms with E-state index < -0.39 is 0 Å². The lowest BCUT2D eigenvalue weighted by Crippen LogP contribution is -2.38. The third-order valence-corrected chi connectivity index (χ3v) is 3.82. The summed E-state index contributed by atoms with van der Waals surface area (Å²) in [6.07, 6.45) is 0.302. The minimum atomic E-state index is -0.366. The number of rotatable bonds is 2. The number of amides is 1. The molecule has 1 amide bonds. The highest BCUT2D eigenvalue weighted by Gasteiger charge is 2.24. The van der Waals surface area contributed by atoms with Crippen LogP contribution in [0, 0.1) is 5.82 Å². The Kier molecular flexibility index (Phi) is 3.92. The number of hydrogen-bond acceptors (Lipinski definition) is 2. The summed E-state index contributed by atoms with van der Waals surface area (Å²) in [6, 6.07) is 11.9. The van der Waals surface area contributed by atoms with Gasteiger partial charge in [-0.25, -0.2) is 4.39 Å². The van der Waals surface area contributed by atoms with Crippen LogP contribution in [0.1, 0.15) is 5.56 Å². The van der Waals surface area contributed by atoms with Crippen LogP contribution in [-0.2, 0) is 11.2 Å². The molecule has 0 bridgehead atoms. The van der Waals surface area contributed by atoms with Crippen molar-refractivity contribution >= 4 is 27.5 Å². The van der Waals surface area contributed by atoms with Gasteiger partial charge >= 0.3 is 0 Å². The number of benzene rings is 2. The summed E-state index contributed by atoms with van der Waals surface area (Å²) in [5.74, 6) is 0.0307. The second kappa shape index (κ2) is 5.85. The van der Waals surface area contributed by atoms with E-state index in [1.54, 1.807) is 11.0 Å². The van der Waals surface area contributed by atoms with Gasteiger partial charge in [0.05, 0.1) is 18.7 Å². The standard InChI is InChI=1S/C16H13BrFNO2/c17-12-3-1-2-11(8-12)9-16(20)19-6-7-21-15-10-13(18)4-5-14(15)19/h1-5,8,10H,6-7,9H2. The van der Waals surface area contributed by atoms with Crippen molar-refractivity contribution in [1.82, 2.24) is 0 Å². The number of fused-ring (bicyclic) bond motifs is 1. The number of carbonyl (C=O) groups excluding carboxylic acids is 1. The number of nitrogens with zero attached hydrogens (tertiary/aromatic N) is 1. The Balaban J connectivity index is 1.83. The van der Waals surface area contributed by atoms with Crippen LogP contribution < -0.4 is 9.64 Å². The first kappa shape index (κ1) is 14.1. The Morgan fingerprint density at radius 2 is 2.14 bits per heavy atom. The Morgan fingerprint density at radius 1 is 1.29 bits per heavy atom. The maximum atomic E-state index is 13.2. The number of halogens is 2. The SMILES string of the molecule is O=C(Cc1cccc(Br)c1)N1CCOc2cc(F)ccc21. The van der Waals surface area contributed by atoms with Gasteiger partial charge in [0.2, 0.25) is 5.91 Å². The lowest BCUT2D eigenvalue weighted by molar-refractivity contribution is -0.118. The lowest BCUT2D eigenvalue weighted by Gasteiger charge is -2.29. The van der Waals surface area contributed by atoms with Gasteiger partial charge in [-0.3, -0.25) is 4.79 Å². The predicted molar refractivity (Wildman–Crippen MR) is 82.1 cm³/mol. The molecule has 0 aromatic heterocycles. The Labute approximate surface area is 130 Å². The first-order valence-corrected chi connectivity index (χ1v) is 7.40. The maximum absolute atomic E-state index is 13.2. The molecule has 0 saturated carbocycles. The summed E-state index contributed by atoms with van der Waals surface area (Å²) < 4.78 is 19.6. The van der Waals surface area contributed by atoms with Crippen molar-refractivity contribution in [2.24, 2.45) is 0 Å². The van der Waals surface area contributed by atoms with Crippen molar-refractivity contribution in [1.29, 1.82) is 0 Å². The molecule has 0 saturated heterocycles. The zero-order chi connectivity index (χ0) is 14.8. The molecule has 1 heterocycles. The molecular weight excluding hydrogens is 337 g/mol. The van der Waals surface area contributed by atoms with Gasteiger partial charge in [-0.2, -0.15) is 0 Å². The van der Waals surface area contributed by atoms with Gasteiger partial charge in [0, 0.05) is 10.5 Å². The molecule has 0 atom stereocenters. The van der Waals surface area contributed by atoms with E-state index in [9.17, 15) is 9.18 Å². The van der Waals surface area contributed by atoms with E-state index in [0.29, 0.717) is 31.0 Å². The monoisotopic (exact) mass is 349 g/mol. The van der Waals surface area contributed by atoms with Crippen molar-refractivity contribution in [3.05, 3.63) is 58.3 Å². The lowest BCUT2D eigenvalue weighted by atomic mass is 10.1. The molecule has 2 aromatic carbocycles. The molecule has 0 N–H and O–H groups in total. The quantitative estimate of drug-likeness (QED) is 0.829. The fourth-order valence-corrected chi connectivity index (χ4v) is 2.82. The van der Waals surface area contributed by atoms with Gasteiger partial charge in [-0.05, 0) is 29.8 Å². The van der Waals surface area contributed by atoms with Crippen LogP contribution in [0.3, 0.4) is 0 Å². The van der Waals surface area contributed by atoms with E-state index in [4.69, 9.17) is 4.74 Å². The number of ether oxygens (including phenoxy) is 1. The molecule has 3 rings (SSSR count). The van der Waals surface area contributed by atoms with E-state index >= 15 is 0 Å². The molecule has 0 aliphatic carbocycles. The van der Waals surface area contributed by atoms with E-state index in [-0.39, 0.29) is 11.7 Å². The number of hydrogen-bond donors (Lipinski definition) is 0. The van der Waals surface area contributed by atoms with Gasteiger partial charge < -0.3 is 9.64 Å². The Bertz CT molecular complexity index is 690. The minimum absolute atomic E-state index is 0.0238. The second-order valence-electron chi connectivity index (χ2n) is 4.81. The van der Waals surface area contributed by atoms with Crippen LogP contribution in [0.5, 0.6) is 5.75 Å². The normalized spacial score (nSPS) is 13.5. The molecule has 5 heteroatoms. The van der Waals surface area contributed by atoms with Crippen LogP contribution >= 0.6 is 15.9 Å². The Morgan fingerprint density at radius 3 is 2.95 bits per heavy atom. The summed E-state index contributed by atoms with van der Waals surface area (Å²) in [7, 11) is 0. The fourth-order valence-electron chi connectivity index (χ4n) is 2.37. The smallest absolute Gasteiger partial charge is 0.231 e. The molecule has 108 valence electrons. The van der Waals surface area contributed by atoms with Crippen molar-refractivity contribution in [3.63, 3.8) is 0 Å². The van der Waals surface area contributed by atoms with Crippen molar-refractivity contribution in [2.45, 2.75) is 6.42 Å². The summed E-state index contributed by atoms with van der Waals surface area (Å²) in [5.41, 5.74) is 1.56. The molecule has 3 nitrogen and oxygen atoms in total. The van der Waals surface area contributed by atoms with Gasteiger partial charge in [-0.15, -0.1) is 0 Å². The van der Waals surface area contributed by atoms with Crippen LogP contribution in [0.25, 0.3) is 0 Å². The van der Waals surface area contributed by atoms with Gasteiger partial charge in [0.25, 0.3) is 0 Å². The molecule has 0 radical (unpaired) electrons. The molecule has 2 aromatic rings. The highest BCUT2D eigenvalue weighted by molar-refractivity contribution is 9.10. The largest absolute Gasteiger partial charge is 0.489 e. The van der Waals surface area contributed by atoms with Gasteiger partial charge in [0.1, 0.15) is 18.2 Å². The van der Waals surface area contributed by atoms with E-state index in [0.717, 1.165) is 10.0 Å². The van der Waals surface area contributed by atoms with E-state index in [1.165, 1.54) is 12.1 Å². The van der Waals surface area contributed by atoms with E-state index in [2.05, 4.69) is 15.9 Å². The molecule has 21 heavy (non-hydrogen) atoms. The third-order valence-electron chi connectivity index (χ3n) is 3.33. The predicted octanol–water partition coefficient (Wildman–Crippen LogP) is 3.56. The highest BCUT2D eigenvalue weighted by atomic mass is 79.9. The summed E-state index contributed by atoms with van der Waals surface area (Å²) >= 11 is 3.40. The van der Waals surface area contributed by atoms with Crippen molar-refractivity contribution in [3.8, 4) is 5.75 Å². The van der Waals surface area contributed by atoms with Crippen molar-refractivity contribution < 1.29 is 13.9 Å². The third kappa shape index (κ3) is 3.08. The van der Waals surface area contributed by atoms with Crippen LogP contribution in [0.2, 0.25) is 0 Å². The molecule has 0 fully saturated rings. The van der Waals surface area contributed by atoms with Crippen LogP contribution in [-0.4, -0.2) is 19.1 Å². The zero-order valence-electron chi connectivity index (χ0n) is 11.2. The average Bonchev–Trinajstić information content (AvgIpc) is 2.46. The van der Waals surface area contributed by atoms with Crippen molar-refractivity contribution in [2.75, 3.05) is 18.1 Å². The molecule has 1 aliphatic rings. The van der Waals surface area contributed by atoms with Gasteiger partial charge in [0.15, 0.2) is 0 Å². The first-order valence-electron chi connectivity index (χ1n) is 6.60. The zero-order valence-corrected chi connectivity index (χ0v) is 12.8. The second-order valence-corrected chi connectivity index (χ2v) is 5.73. The molecular formula is C16H13BrFNO2. The van der Waals surface area contributed by atoms with E-state index in [1.807, 2.05) is 24.3 Å². The minimum Gasteiger partial charge on any atom is -0.489 e. The fraction of sp³-hybridized carbons (Fsp3) is 0.188. The first-order chi connectivity index (χ1) is 10.1. The molecule has 0 spiro atoms. The summed E-state index contributed by atoms with van der Waals surface area (Å²) in [4.78, 5) is 14.1. The number of carbonyl (C=O) groups is 1. The van der Waals surface area contributed by atoms with Crippen LogP contribution in [0.15, 0.2) is 46.9 Å². The molecule has 0 unspecified atom stereocenters. The number of anilines is 1. The maximum Gasteiger partial charge on any atom is 0.231 e. The average molecular weight is 350 g/mol. The molecule has 1 aliphatic heterocycles. The summed E-state index contributed by atoms with van der Waals surface area (Å²) in [5, 5.41) is 0. The highest BCUT2D eigenvalue weighted by Crippen LogP contribution is 2.32. The Hall–Kier alpha value is -1.88. The topological polar surface area (TPSA) is 29.5 Å². The van der Waals surface area contributed by atoms with Crippen LogP contribution in [0.4, 0.5) is 10.1 Å².